The standard InChI is InChI=1S/C48H53FN2O5/c1-33(2)44-43(46(53)50-38-21-13-7-14-22-38)42(34-17-9-5-10-18-34)45(35-23-25-37(49)26-24-35)51(44)30-27-39-31-40(55-48(54-39)28-15-8-16-29-48)32-41(52)56-47(3,4)36-19-11-6-12-20-36/h5-7,9-14,17-26,33,39-40H,8,15-16,27-32H2,1-4H3,(H,50,53)/t39-,40-/m1/s1. The summed E-state index contributed by atoms with van der Waals surface area (Å²) >= 11 is 0. The number of rotatable bonds is 12. The van der Waals surface area contributed by atoms with Crippen LogP contribution in [0.25, 0.3) is 22.4 Å². The Morgan fingerprint density at radius 3 is 2.07 bits per heavy atom. The van der Waals surface area contributed by atoms with Gasteiger partial charge in [-0.3, -0.25) is 9.59 Å². The number of para-hydroxylation sites is 1. The molecule has 1 N–H and O–H groups in total. The fourth-order valence-electron chi connectivity index (χ4n) is 8.54. The molecule has 8 heteroatoms. The molecular formula is C48H53FN2O5. The molecule has 2 fully saturated rings. The monoisotopic (exact) mass is 756 g/mol. The quantitative estimate of drug-likeness (QED) is 0.128. The SMILES string of the molecule is CC(C)c1c(C(=O)Nc2ccccc2)c(-c2ccccc2)c(-c2ccc(F)cc2)n1CC[C@@H]1C[C@H](CC(=O)OC(C)(C)c2ccccc2)OC2(CCCCC2)O1. The molecule has 1 aromatic heterocycles. The van der Waals surface area contributed by atoms with Crippen LogP contribution in [0.3, 0.4) is 0 Å². The average molecular weight is 757 g/mol. The molecule has 292 valence electrons. The van der Waals surface area contributed by atoms with E-state index >= 15 is 0 Å². The summed E-state index contributed by atoms with van der Waals surface area (Å²) in [4.78, 5) is 28.1. The summed E-state index contributed by atoms with van der Waals surface area (Å²) in [5.41, 5.74) is 5.67. The van der Waals surface area contributed by atoms with E-state index in [0.29, 0.717) is 30.6 Å². The lowest BCUT2D eigenvalue weighted by atomic mass is 9.91. The summed E-state index contributed by atoms with van der Waals surface area (Å²) in [5, 5.41) is 3.16. The predicted octanol–water partition coefficient (Wildman–Crippen LogP) is 11.4. The second-order valence-corrected chi connectivity index (χ2v) is 16.0. The molecular weight excluding hydrogens is 704 g/mol. The van der Waals surface area contributed by atoms with Crippen molar-refractivity contribution in [1.29, 1.82) is 0 Å². The number of nitrogens with one attached hydrogen (secondary N) is 1. The van der Waals surface area contributed by atoms with E-state index in [1.807, 2.05) is 105 Å². The Bertz CT molecular complexity index is 2090. The minimum atomic E-state index is -0.787. The summed E-state index contributed by atoms with van der Waals surface area (Å²) in [6, 6.07) is 35.7. The van der Waals surface area contributed by atoms with Gasteiger partial charge in [-0.2, -0.15) is 0 Å². The first-order valence-electron chi connectivity index (χ1n) is 20.1. The fraction of sp³-hybridized carbons (Fsp3) is 0.375. The number of ether oxygens (including phenoxy) is 3. The van der Waals surface area contributed by atoms with Crippen LogP contribution in [0.15, 0.2) is 115 Å². The second kappa shape index (κ2) is 17.0. The summed E-state index contributed by atoms with van der Waals surface area (Å²) in [7, 11) is 0. The number of nitrogens with zero attached hydrogens (tertiary/aromatic N) is 1. The Labute approximate surface area is 330 Å². The highest BCUT2D eigenvalue weighted by atomic mass is 19.1. The van der Waals surface area contributed by atoms with E-state index < -0.39 is 11.4 Å². The van der Waals surface area contributed by atoms with E-state index in [1.54, 1.807) is 12.1 Å². The molecule has 4 aromatic carbocycles. The van der Waals surface area contributed by atoms with E-state index in [1.165, 1.54) is 12.1 Å². The molecule has 1 amide bonds. The molecule has 2 aliphatic rings. The Morgan fingerprint density at radius 1 is 0.821 bits per heavy atom. The number of amides is 1. The van der Waals surface area contributed by atoms with Crippen LogP contribution in [-0.4, -0.2) is 34.4 Å². The van der Waals surface area contributed by atoms with Crippen molar-refractivity contribution < 1.29 is 28.2 Å². The molecule has 7 rings (SSSR count). The van der Waals surface area contributed by atoms with Crippen molar-refractivity contribution in [1.82, 2.24) is 4.57 Å². The molecule has 7 nitrogen and oxygen atoms in total. The highest BCUT2D eigenvalue weighted by Gasteiger charge is 2.44. The van der Waals surface area contributed by atoms with Crippen molar-refractivity contribution in [2.75, 3.05) is 5.32 Å². The van der Waals surface area contributed by atoms with Gasteiger partial charge in [0.25, 0.3) is 5.91 Å². The highest BCUT2D eigenvalue weighted by Crippen LogP contribution is 2.45. The molecule has 56 heavy (non-hydrogen) atoms. The molecule has 0 bridgehead atoms. The Balaban J connectivity index is 1.25. The van der Waals surface area contributed by atoms with Crippen LogP contribution < -0.4 is 5.32 Å². The minimum absolute atomic E-state index is 0.0426. The second-order valence-electron chi connectivity index (χ2n) is 16.0. The van der Waals surface area contributed by atoms with E-state index in [4.69, 9.17) is 14.2 Å². The van der Waals surface area contributed by atoms with Gasteiger partial charge in [-0.25, -0.2) is 4.39 Å². The van der Waals surface area contributed by atoms with Crippen molar-refractivity contribution in [2.24, 2.45) is 0 Å². The van der Waals surface area contributed by atoms with Gasteiger partial charge in [0.1, 0.15) is 11.4 Å². The number of carbonyl (C=O) groups excluding carboxylic acids is 2. The van der Waals surface area contributed by atoms with Gasteiger partial charge >= 0.3 is 5.97 Å². The van der Waals surface area contributed by atoms with Crippen LogP contribution in [0, 0.1) is 5.82 Å². The molecule has 0 unspecified atom stereocenters. The molecule has 2 atom stereocenters. The van der Waals surface area contributed by atoms with E-state index in [9.17, 15) is 14.0 Å². The fourth-order valence-corrected chi connectivity index (χ4v) is 8.54. The number of benzene rings is 4. The molecule has 2 heterocycles. The molecule has 1 spiro atoms. The van der Waals surface area contributed by atoms with Gasteiger partial charge < -0.3 is 24.1 Å². The number of halogens is 1. The maximum Gasteiger partial charge on any atom is 0.309 e. The first kappa shape index (κ1) is 39.2. The van der Waals surface area contributed by atoms with Crippen molar-refractivity contribution in [3.63, 3.8) is 0 Å². The first-order valence-corrected chi connectivity index (χ1v) is 20.1. The molecule has 1 saturated carbocycles. The number of hydrogen-bond donors (Lipinski definition) is 1. The van der Waals surface area contributed by atoms with Crippen LogP contribution >= 0.6 is 0 Å². The molecule has 5 aromatic rings. The Morgan fingerprint density at radius 2 is 1.43 bits per heavy atom. The summed E-state index contributed by atoms with van der Waals surface area (Å²) < 4.78 is 36.4. The first-order chi connectivity index (χ1) is 27.0. The van der Waals surface area contributed by atoms with Crippen LogP contribution in [0.2, 0.25) is 0 Å². The van der Waals surface area contributed by atoms with Gasteiger partial charge in [-0.1, -0.05) is 99.1 Å². The number of anilines is 1. The summed E-state index contributed by atoms with van der Waals surface area (Å²) in [6.07, 6.45) is 5.33. The normalized spacial score (nSPS) is 18.2. The predicted molar refractivity (Wildman–Crippen MR) is 219 cm³/mol. The average Bonchev–Trinajstić information content (AvgIpc) is 3.54. The minimum Gasteiger partial charge on any atom is -0.455 e. The van der Waals surface area contributed by atoms with Crippen molar-refractivity contribution in [2.45, 2.75) is 115 Å². The zero-order valence-electron chi connectivity index (χ0n) is 32.9. The smallest absolute Gasteiger partial charge is 0.309 e. The lowest BCUT2D eigenvalue weighted by molar-refractivity contribution is -0.329. The van der Waals surface area contributed by atoms with Crippen molar-refractivity contribution >= 4 is 17.6 Å². The van der Waals surface area contributed by atoms with E-state index in [-0.39, 0.29) is 42.2 Å². The zero-order chi connectivity index (χ0) is 39.3. The number of aromatic nitrogens is 1. The molecule has 1 aliphatic carbocycles. The third-order valence-electron chi connectivity index (χ3n) is 11.1. The maximum atomic E-state index is 14.6. The summed E-state index contributed by atoms with van der Waals surface area (Å²) in [6.45, 7) is 8.56. The number of carbonyl (C=O) groups is 2. The maximum absolute atomic E-state index is 14.6. The van der Waals surface area contributed by atoms with Gasteiger partial charge in [0, 0.05) is 42.8 Å². The Hall–Kier alpha value is -5.05. The van der Waals surface area contributed by atoms with Crippen LogP contribution in [0.5, 0.6) is 0 Å². The van der Waals surface area contributed by atoms with Gasteiger partial charge in [0.05, 0.1) is 29.9 Å². The number of esters is 1. The largest absolute Gasteiger partial charge is 0.455 e. The van der Waals surface area contributed by atoms with Gasteiger partial charge in [-0.15, -0.1) is 0 Å². The van der Waals surface area contributed by atoms with Crippen LogP contribution in [-0.2, 0) is 31.2 Å². The molecule has 0 radical (unpaired) electrons. The lowest BCUT2D eigenvalue weighted by Crippen LogP contribution is -2.50. The van der Waals surface area contributed by atoms with Crippen LogP contribution in [0.1, 0.15) is 107 Å². The summed E-state index contributed by atoms with van der Waals surface area (Å²) in [5.74, 6) is -1.64. The highest BCUT2D eigenvalue weighted by molar-refractivity contribution is 6.12. The Kier molecular flexibility index (Phi) is 11.9. The number of hydrogen-bond acceptors (Lipinski definition) is 5. The third kappa shape index (κ3) is 8.82. The van der Waals surface area contributed by atoms with Gasteiger partial charge in [-0.05, 0) is 92.1 Å². The van der Waals surface area contributed by atoms with E-state index in [2.05, 4.69) is 23.7 Å². The molecule has 1 aliphatic heterocycles. The van der Waals surface area contributed by atoms with Crippen molar-refractivity contribution in [3.8, 4) is 22.4 Å². The molecule has 1 saturated heterocycles. The third-order valence-corrected chi connectivity index (χ3v) is 11.1. The van der Waals surface area contributed by atoms with Gasteiger partial charge in [0.15, 0.2) is 5.79 Å². The van der Waals surface area contributed by atoms with E-state index in [0.717, 1.165) is 65.7 Å². The zero-order valence-corrected chi connectivity index (χ0v) is 32.9. The van der Waals surface area contributed by atoms with Crippen molar-refractivity contribution in [3.05, 3.63) is 138 Å². The van der Waals surface area contributed by atoms with Crippen LogP contribution in [0.4, 0.5) is 10.1 Å². The van der Waals surface area contributed by atoms with Gasteiger partial charge in [0.2, 0.25) is 0 Å². The topological polar surface area (TPSA) is 78.8 Å². The lowest BCUT2D eigenvalue weighted by Gasteiger charge is -2.47.